The zero-order valence-electron chi connectivity index (χ0n) is 9.42. The van der Waals surface area contributed by atoms with Crippen LogP contribution in [0.4, 0.5) is 4.39 Å². The predicted molar refractivity (Wildman–Crippen MR) is 65.0 cm³/mol. The van der Waals surface area contributed by atoms with Gasteiger partial charge in [-0.05, 0) is 54.9 Å². The summed E-state index contributed by atoms with van der Waals surface area (Å²) in [6, 6.07) is 4.86. The molecule has 0 amide bonds. The van der Waals surface area contributed by atoms with E-state index in [1.54, 1.807) is 12.1 Å². The lowest BCUT2D eigenvalue weighted by atomic mass is 9.90. The molecule has 1 nitrogen and oxygen atoms in total. The zero-order chi connectivity index (χ0) is 11.7. The molecule has 3 heteroatoms. The van der Waals surface area contributed by atoms with Crippen LogP contribution in [0, 0.1) is 17.7 Å². The second kappa shape index (κ2) is 4.72. The Labute approximate surface area is 101 Å². The first-order chi connectivity index (χ1) is 7.58. The Balaban J connectivity index is 2.12. The molecule has 3 atom stereocenters. The molecular weight excluding hydrogens is 225 g/mol. The molecule has 2 N–H and O–H groups in total. The monoisotopic (exact) mass is 241 g/mol. The maximum Gasteiger partial charge on any atom is 0.123 e. The van der Waals surface area contributed by atoms with Gasteiger partial charge in [0.2, 0.25) is 0 Å². The van der Waals surface area contributed by atoms with Gasteiger partial charge in [-0.1, -0.05) is 18.5 Å². The van der Waals surface area contributed by atoms with Gasteiger partial charge in [0.25, 0.3) is 0 Å². The highest BCUT2D eigenvalue weighted by atomic mass is 35.5. The van der Waals surface area contributed by atoms with Crippen molar-refractivity contribution in [1.29, 1.82) is 0 Å². The van der Waals surface area contributed by atoms with Crippen molar-refractivity contribution in [2.24, 2.45) is 17.6 Å². The lowest BCUT2D eigenvalue weighted by Gasteiger charge is -2.18. The molecule has 0 aliphatic heterocycles. The van der Waals surface area contributed by atoms with E-state index in [-0.39, 0.29) is 11.9 Å². The molecule has 1 aliphatic rings. The summed E-state index contributed by atoms with van der Waals surface area (Å²) in [5.41, 5.74) is 6.89. The molecule has 0 spiro atoms. The van der Waals surface area contributed by atoms with Gasteiger partial charge >= 0.3 is 0 Å². The van der Waals surface area contributed by atoms with Crippen molar-refractivity contribution in [3.63, 3.8) is 0 Å². The number of halogens is 2. The van der Waals surface area contributed by atoms with E-state index >= 15 is 0 Å². The second-order valence-corrected chi connectivity index (χ2v) is 5.21. The van der Waals surface area contributed by atoms with E-state index < -0.39 is 0 Å². The predicted octanol–water partition coefficient (Wildman–Crippen LogP) is 3.40. The second-order valence-electron chi connectivity index (χ2n) is 4.80. The molecule has 1 saturated carbocycles. The molecule has 1 fully saturated rings. The largest absolute Gasteiger partial charge is 0.327 e. The molecule has 0 saturated heterocycles. The summed E-state index contributed by atoms with van der Waals surface area (Å²) in [5, 5.41) is 0.661. The van der Waals surface area contributed by atoms with Crippen molar-refractivity contribution in [3.8, 4) is 0 Å². The number of rotatable bonds is 2. The van der Waals surface area contributed by atoms with Gasteiger partial charge in [0.1, 0.15) is 5.82 Å². The van der Waals surface area contributed by atoms with Crippen molar-refractivity contribution in [2.45, 2.75) is 32.2 Å². The van der Waals surface area contributed by atoms with Crippen LogP contribution in [-0.2, 0) is 6.42 Å². The quantitative estimate of drug-likeness (QED) is 0.844. The number of hydrogen-bond donors (Lipinski definition) is 1. The van der Waals surface area contributed by atoms with Gasteiger partial charge in [-0.25, -0.2) is 4.39 Å². The summed E-state index contributed by atoms with van der Waals surface area (Å²) in [6.45, 7) is 2.18. The molecule has 1 aromatic rings. The van der Waals surface area contributed by atoms with Crippen LogP contribution >= 0.6 is 11.6 Å². The third kappa shape index (κ3) is 2.38. The smallest absolute Gasteiger partial charge is 0.123 e. The van der Waals surface area contributed by atoms with Crippen molar-refractivity contribution >= 4 is 11.6 Å². The highest BCUT2D eigenvalue weighted by Crippen LogP contribution is 2.34. The first-order valence-electron chi connectivity index (χ1n) is 5.77. The fraction of sp³-hybridized carbons (Fsp3) is 0.538. The van der Waals surface area contributed by atoms with Crippen LogP contribution in [0.2, 0.25) is 5.02 Å². The zero-order valence-corrected chi connectivity index (χ0v) is 10.2. The molecule has 0 aromatic heterocycles. The van der Waals surface area contributed by atoms with Gasteiger partial charge in [0.05, 0.1) is 0 Å². The van der Waals surface area contributed by atoms with E-state index in [2.05, 4.69) is 6.92 Å². The molecular formula is C13H17ClFN. The lowest BCUT2D eigenvalue weighted by molar-refractivity contribution is 0.390. The lowest BCUT2D eigenvalue weighted by Crippen LogP contribution is -2.25. The molecule has 0 bridgehead atoms. The van der Waals surface area contributed by atoms with E-state index in [0.717, 1.165) is 24.8 Å². The third-order valence-corrected chi connectivity index (χ3v) is 4.15. The van der Waals surface area contributed by atoms with Crippen LogP contribution < -0.4 is 5.73 Å². The van der Waals surface area contributed by atoms with Crippen molar-refractivity contribution in [3.05, 3.63) is 34.6 Å². The number of hydrogen-bond acceptors (Lipinski definition) is 1. The number of benzene rings is 1. The summed E-state index contributed by atoms with van der Waals surface area (Å²) < 4.78 is 13.1. The maximum absolute atomic E-state index is 13.1. The van der Waals surface area contributed by atoms with Gasteiger partial charge in [-0.15, -0.1) is 0 Å². The van der Waals surface area contributed by atoms with Crippen LogP contribution in [-0.4, -0.2) is 6.04 Å². The fourth-order valence-corrected chi connectivity index (χ4v) is 2.75. The highest BCUT2D eigenvalue weighted by molar-refractivity contribution is 6.31. The van der Waals surface area contributed by atoms with Crippen LogP contribution in [0.1, 0.15) is 25.3 Å². The van der Waals surface area contributed by atoms with Gasteiger partial charge < -0.3 is 5.73 Å². The minimum atomic E-state index is -0.214. The molecule has 1 aliphatic carbocycles. The standard InChI is InChI=1S/C13H17ClFN/c1-8-9(2-5-13(8)16)6-10-7-11(15)3-4-12(10)14/h3-4,7-9,13H,2,5-6,16H2,1H3. The molecule has 0 radical (unpaired) electrons. The Morgan fingerprint density at radius 2 is 2.19 bits per heavy atom. The van der Waals surface area contributed by atoms with E-state index in [0.29, 0.717) is 16.9 Å². The average Bonchev–Trinajstić information content (AvgIpc) is 2.55. The maximum atomic E-state index is 13.1. The first-order valence-corrected chi connectivity index (χ1v) is 6.15. The normalized spacial score (nSPS) is 29.6. The average molecular weight is 242 g/mol. The molecule has 0 heterocycles. The Hall–Kier alpha value is -0.600. The molecule has 1 aromatic carbocycles. The minimum absolute atomic E-state index is 0.214. The van der Waals surface area contributed by atoms with Gasteiger partial charge in [0.15, 0.2) is 0 Å². The van der Waals surface area contributed by atoms with E-state index in [9.17, 15) is 4.39 Å². The first kappa shape index (κ1) is 11.9. The Kier molecular flexibility index (Phi) is 3.50. The van der Waals surface area contributed by atoms with Crippen LogP contribution in [0.25, 0.3) is 0 Å². The molecule has 3 unspecified atom stereocenters. The van der Waals surface area contributed by atoms with Gasteiger partial charge in [0, 0.05) is 11.1 Å². The number of nitrogens with two attached hydrogens (primary N) is 1. The highest BCUT2D eigenvalue weighted by Gasteiger charge is 2.30. The van der Waals surface area contributed by atoms with Crippen molar-refractivity contribution < 1.29 is 4.39 Å². The Morgan fingerprint density at radius 1 is 1.44 bits per heavy atom. The van der Waals surface area contributed by atoms with Crippen molar-refractivity contribution in [1.82, 2.24) is 0 Å². The third-order valence-electron chi connectivity index (χ3n) is 3.78. The van der Waals surface area contributed by atoms with Crippen LogP contribution in [0.15, 0.2) is 18.2 Å². The van der Waals surface area contributed by atoms with Crippen LogP contribution in [0.5, 0.6) is 0 Å². The molecule has 88 valence electrons. The van der Waals surface area contributed by atoms with E-state index in [1.165, 1.54) is 6.07 Å². The molecule has 2 rings (SSSR count). The van der Waals surface area contributed by atoms with Crippen molar-refractivity contribution in [2.75, 3.05) is 0 Å². The Bertz CT molecular complexity index is 380. The van der Waals surface area contributed by atoms with E-state index in [1.807, 2.05) is 0 Å². The van der Waals surface area contributed by atoms with Crippen LogP contribution in [0.3, 0.4) is 0 Å². The van der Waals surface area contributed by atoms with Gasteiger partial charge in [-0.2, -0.15) is 0 Å². The van der Waals surface area contributed by atoms with E-state index in [4.69, 9.17) is 17.3 Å². The topological polar surface area (TPSA) is 26.0 Å². The summed E-state index contributed by atoms with van der Waals surface area (Å²) in [6.07, 6.45) is 3.03. The summed E-state index contributed by atoms with van der Waals surface area (Å²) in [7, 11) is 0. The minimum Gasteiger partial charge on any atom is -0.327 e. The summed E-state index contributed by atoms with van der Waals surface area (Å²) in [5.74, 6) is 0.822. The fourth-order valence-electron chi connectivity index (χ4n) is 2.55. The SMILES string of the molecule is CC1C(N)CCC1Cc1cc(F)ccc1Cl. The van der Waals surface area contributed by atoms with Gasteiger partial charge in [-0.3, -0.25) is 0 Å². The Morgan fingerprint density at radius 3 is 2.81 bits per heavy atom. The summed E-state index contributed by atoms with van der Waals surface area (Å²) >= 11 is 6.06. The summed E-state index contributed by atoms with van der Waals surface area (Å²) in [4.78, 5) is 0. The molecule has 16 heavy (non-hydrogen) atoms.